The minimum atomic E-state index is -1.07. The summed E-state index contributed by atoms with van der Waals surface area (Å²) in [5.41, 5.74) is 5.18. The van der Waals surface area contributed by atoms with E-state index in [2.05, 4.69) is 0 Å². The van der Waals surface area contributed by atoms with Crippen LogP contribution in [0.25, 0.3) is 0 Å². The summed E-state index contributed by atoms with van der Waals surface area (Å²) < 4.78 is 27.1. The second-order valence-corrected chi connectivity index (χ2v) is 12.1. The Morgan fingerprint density at radius 2 is 1.20 bits per heavy atom. The molecule has 0 amide bonds. The van der Waals surface area contributed by atoms with Gasteiger partial charge in [0.15, 0.2) is 11.5 Å². The molecule has 232 valence electrons. The largest absolute Gasteiger partial charge is 0.508 e. The van der Waals surface area contributed by atoms with Gasteiger partial charge in [-0.3, -0.25) is 14.4 Å². The van der Waals surface area contributed by atoms with Crippen molar-refractivity contribution in [2.45, 2.75) is 120 Å². The summed E-state index contributed by atoms with van der Waals surface area (Å²) >= 11 is 0. The number of benzene rings is 1. The molecule has 0 heterocycles. The van der Waals surface area contributed by atoms with Crippen molar-refractivity contribution in [3.8, 4) is 11.5 Å². The maximum Gasteiger partial charge on any atom is 0.508 e. The van der Waals surface area contributed by atoms with Crippen molar-refractivity contribution in [3.05, 3.63) is 23.8 Å². The molecule has 4 atom stereocenters. The van der Waals surface area contributed by atoms with Crippen molar-refractivity contribution in [1.82, 2.24) is 0 Å². The highest BCUT2D eigenvalue weighted by molar-refractivity contribution is 5.81. The van der Waals surface area contributed by atoms with Gasteiger partial charge in [0.2, 0.25) is 0 Å². The zero-order chi connectivity index (χ0) is 31.7. The van der Waals surface area contributed by atoms with Crippen LogP contribution in [0.1, 0.15) is 94.6 Å². The molecule has 1 aromatic rings. The Bertz CT molecular complexity index is 1060. The minimum absolute atomic E-state index is 0.0468. The van der Waals surface area contributed by atoms with Crippen LogP contribution >= 0.6 is 0 Å². The first-order valence-corrected chi connectivity index (χ1v) is 14.2. The van der Waals surface area contributed by atoms with Gasteiger partial charge in [-0.05, 0) is 91.3 Å². The van der Waals surface area contributed by atoms with Gasteiger partial charge in [0.25, 0.3) is 0 Å². The molecule has 0 aliphatic rings. The molecular weight excluding hydrogens is 530 g/mol. The second kappa shape index (κ2) is 15.2. The van der Waals surface area contributed by atoms with E-state index < -0.39 is 53.1 Å². The summed E-state index contributed by atoms with van der Waals surface area (Å²) in [4.78, 5) is 50.3. The van der Waals surface area contributed by atoms with Gasteiger partial charge < -0.3 is 29.4 Å². The molecule has 0 fully saturated rings. The number of nitrogens with two attached hydrogens (primary N) is 1. The zero-order valence-electron chi connectivity index (χ0n) is 26.5. The monoisotopic (exact) mass is 579 g/mol. The van der Waals surface area contributed by atoms with E-state index in [4.69, 9.17) is 29.4 Å². The predicted octanol–water partition coefficient (Wildman–Crippen LogP) is 5.76. The van der Waals surface area contributed by atoms with E-state index in [-0.39, 0.29) is 29.9 Å². The minimum Gasteiger partial charge on any atom is -0.458 e. The number of esters is 3. The Labute approximate surface area is 244 Å². The molecule has 2 N–H and O–H groups in total. The maximum atomic E-state index is 12.8. The molecule has 0 aliphatic carbocycles. The number of carbonyl (C=O) groups is 4. The van der Waals surface area contributed by atoms with Crippen molar-refractivity contribution >= 4 is 24.1 Å². The van der Waals surface area contributed by atoms with E-state index in [0.29, 0.717) is 18.4 Å². The third kappa shape index (κ3) is 11.0. The molecular formula is C31H49NO9. The highest BCUT2D eigenvalue weighted by Crippen LogP contribution is 2.34. The van der Waals surface area contributed by atoms with E-state index in [0.717, 1.165) is 0 Å². The van der Waals surface area contributed by atoms with Crippen LogP contribution in [0, 0.1) is 16.7 Å². The van der Waals surface area contributed by atoms with Crippen LogP contribution in [0.4, 0.5) is 4.79 Å². The lowest BCUT2D eigenvalue weighted by molar-refractivity contribution is -0.156. The van der Waals surface area contributed by atoms with Gasteiger partial charge in [0, 0.05) is 0 Å². The van der Waals surface area contributed by atoms with Crippen LogP contribution in [-0.4, -0.2) is 48.4 Å². The third-order valence-electron chi connectivity index (χ3n) is 7.51. The molecule has 0 saturated heterocycles. The zero-order valence-corrected chi connectivity index (χ0v) is 26.5. The number of ether oxygens (including phenoxy) is 5. The van der Waals surface area contributed by atoms with Crippen LogP contribution in [-0.2, 0) is 35.0 Å². The van der Waals surface area contributed by atoms with Crippen LogP contribution in [0.5, 0.6) is 11.5 Å². The maximum absolute atomic E-state index is 12.8. The van der Waals surface area contributed by atoms with Gasteiger partial charge in [-0.15, -0.1) is 0 Å². The summed E-state index contributed by atoms with van der Waals surface area (Å²) in [6.07, 6.45) is -1.59. The Morgan fingerprint density at radius 3 is 1.68 bits per heavy atom. The summed E-state index contributed by atoms with van der Waals surface area (Å²) in [6, 6.07) is 3.61. The first-order chi connectivity index (χ1) is 18.8. The van der Waals surface area contributed by atoms with Gasteiger partial charge in [0.1, 0.15) is 24.4 Å². The van der Waals surface area contributed by atoms with Gasteiger partial charge in [0.05, 0.1) is 10.8 Å². The van der Waals surface area contributed by atoms with E-state index in [1.54, 1.807) is 54.5 Å². The summed E-state index contributed by atoms with van der Waals surface area (Å²) in [7, 11) is 0. The number of rotatable bonds is 14. The SMILES string of the molecule is CCC(C)(C)C(=O)Oc1ccc(C[C@H](N)C(=O)O[C@@H](C)C(C)OC(=O)OC(C)C(C)C)cc1OC(=O)C(C)(C)CC. The fourth-order valence-corrected chi connectivity index (χ4v) is 2.88. The van der Waals surface area contributed by atoms with Crippen molar-refractivity contribution < 1.29 is 42.9 Å². The molecule has 0 saturated carbocycles. The van der Waals surface area contributed by atoms with Crippen molar-refractivity contribution in [2.24, 2.45) is 22.5 Å². The molecule has 10 heteroatoms. The van der Waals surface area contributed by atoms with Crippen molar-refractivity contribution in [2.75, 3.05) is 0 Å². The topological polar surface area (TPSA) is 140 Å². The number of carbonyl (C=O) groups excluding carboxylic acids is 4. The highest BCUT2D eigenvalue weighted by Gasteiger charge is 2.32. The molecule has 0 radical (unpaired) electrons. The number of hydrogen-bond donors (Lipinski definition) is 1. The van der Waals surface area contributed by atoms with E-state index in [9.17, 15) is 19.2 Å². The molecule has 2 unspecified atom stereocenters. The fraction of sp³-hybridized carbons (Fsp3) is 0.677. The molecule has 0 spiro atoms. The van der Waals surface area contributed by atoms with Crippen molar-refractivity contribution in [3.63, 3.8) is 0 Å². The van der Waals surface area contributed by atoms with Gasteiger partial charge in [-0.25, -0.2) is 4.79 Å². The Kier molecular flexibility index (Phi) is 13.3. The van der Waals surface area contributed by atoms with E-state index in [1.165, 1.54) is 12.1 Å². The first kappa shape index (κ1) is 35.9. The van der Waals surface area contributed by atoms with Crippen LogP contribution in [0.2, 0.25) is 0 Å². The molecule has 41 heavy (non-hydrogen) atoms. The lowest BCUT2D eigenvalue weighted by Crippen LogP contribution is -2.39. The number of hydrogen-bond acceptors (Lipinski definition) is 10. The standard InChI is InChI=1S/C31H49NO9/c1-12-30(8,9)27(34)40-24-15-14-22(17-25(24)41-28(35)31(10,11)13-2)16-23(32)26(33)37-20(6)21(7)39-29(36)38-19(5)18(3)4/h14-15,17-21,23H,12-13,16,32H2,1-11H3/t19?,20-,21?,23-/m0/s1. The van der Waals surface area contributed by atoms with Crippen LogP contribution < -0.4 is 15.2 Å². The molecule has 0 aromatic heterocycles. The Morgan fingerprint density at radius 1 is 0.732 bits per heavy atom. The highest BCUT2D eigenvalue weighted by atomic mass is 16.7. The predicted molar refractivity (Wildman–Crippen MR) is 154 cm³/mol. The first-order valence-electron chi connectivity index (χ1n) is 14.2. The molecule has 1 aromatic carbocycles. The van der Waals surface area contributed by atoms with Gasteiger partial charge in [-0.2, -0.15) is 0 Å². The lowest BCUT2D eigenvalue weighted by atomic mass is 9.90. The van der Waals surface area contributed by atoms with Gasteiger partial charge in [-0.1, -0.05) is 33.8 Å². The van der Waals surface area contributed by atoms with Crippen molar-refractivity contribution in [1.29, 1.82) is 0 Å². The Balaban J connectivity index is 3.02. The molecule has 0 bridgehead atoms. The van der Waals surface area contributed by atoms with Crippen LogP contribution in [0.3, 0.4) is 0 Å². The van der Waals surface area contributed by atoms with Crippen LogP contribution in [0.15, 0.2) is 18.2 Å². The normalized spacial score (nSPS) is 14.9. The third-order valence-corrected chi connectivity index (χ3v) is 7.51. The molecule has 1 rings (SSSR count). The quantitative estimate of drug-likeness (QED) is 0.214. The molecule has 0 aliphatic heterocycles. The average Bonchev–Trinajstić information content (AvgIpc) is 2.89. The molecule has 10 nitrogen and oxygen atoms in total. The van der Waals surface area contributed by atoms with E-state index >= 15 is 0 Å². The summed E-state index contributed by atoms with van der Waals surface area (Å²) in [6.45, 7) is 19.6. The smallest absolute Gasteiger partial charge is 0.458 e. The average molecular weight is 580 g/mol. The second-order valence-electron chi connectivity index (χ2n) is 12.1. The summed E-state index contributed by atoms with van der Waals surface area (Å²) in [5.74, 6) is -1.39. The lowest BCUT2D eigenvalue weighted by Gasteiger charge is -2.24. The van der Waals surface area contributed by atoms with Gasteiger partial charge >= 0.3 is 24.1 Å². The fourth-order valence-electron chi connectivity index (χ4n) is 2.88. The summed E-state index contributed by atoms with van der Waals surface area (Å²) in [5, 5.41) is 0. The van der Waals surface area contributed by atoms with E-state index in [1.807, 2.05) is 27.7 Å². The Hall–Kier alpha value is -3.14.